The molecular formula is C25H26N4O2S. The van der Waals surface area contributed by atoms with E-state index in [-0.39, 0.29) is 18.1 Å². The van der Waals surface area contributed by atoms with Crippen LogP contribution in [0.5, 0.6) is 0 Å². The first-order valence-electron chi connectivity index (χ1n) is 11.0. The Kier molecular flexibility index (Phi) is 5.87. The minimum Gasteiger partial charge on any atom is -0.371 e. The predicted octanol–water partition coefficient (Wildman–Crippen LogP) is 4.56. The number of nitrogens with zero attached hydrogens (tertiary/aromatic N) is 3. The van der Waals surface area contributed by atoms with Gasteiger partial charge in [-0.2, -0.15) is 0 Å². The smallest absolute Gasteiger partial charge is 0.262 e. The Labute approximate surface area is 191 Å². The molecule has 0 saturated carbocycles. The third-order valence-corrected chi connectivity index (χ3v) is 6.77. The van der Waals surface area contributed by atoms with Crippen LogP contribution in [-0.4, -0.2) is 46.5 Å². The van der Waals surface area contributed by atoms with Gasteiger partial charge in [0.25, 0.3) is 5.91 Å². The molecule has 1 aromatic carbocycles. The molecule has 0 radical (unpaired) electrons. The van der Waals surface area contributed by atoms with Gasteiger partial charge in [0.05, 0.1) is 23.9 Å². The van der Waals surface area contributed by atoms with E-state index in [1.165, 1.54) is 11.3 Å². The number of carbonyl (C=O) groups is 1. The number of amides is 1. The van der Waals surface area contributed by atoms with Gasteiger partial charge in [-0.05, 0) is 32.0 Å². The van der Waals surface area contributed by atoms with Gasteiger partial charge >= 0.3 is 0 Å². The van der Waals surface area contributed by atoms with Crippen molar-refractivity contribution in [2.75, 3.05) is 19.7 Å². The molecular weight excluding hydrogens is 420 g/mol. The number of ether oxygens (including phenoxy) is 1. The number of hydrogen-bond donors (Lipinski definition) is 1. The lowest BCUT2D eigenvalue weighted by atomic mass is 10.0. The second kappa shape index (κ2) is 8.94. The van der Waals surface area contributed by atoms with E-state index in [1.54, 1.807) is 6.20 Å². The number of nitrogens with one attached hydrogen (secondary N) is 1. The molecule has 1 saturated heterocycles. The first-order chi connectivity index (χ1) is 15.6. The van der Waals surface area contributed by atoms with E-state index in [1.807, 2.05) is 44.2 Å². The average Bonchev–Trinajstić information content (AvgIpc) is 3.19. The SMILES string of the molecule is CC(C)NC(=O)c1sc2ncccc2c1[C@@H]1CN(Cc2ccc3ccccc3n2)CCO1. The zero-order chi connectivity index (χ0) is 22.1. The van der Waals surface area contributed by atoms with Crippen LogP contribution in [0.15, 0.2) is 54.7 Å². The molecule has 5 rings (SSSR count). The maximum Gasteiger partial charge on any atom is 0.262 e. The van der Waals surface area contributed by atoms with Crippen molar-refractivity contribution < 1.29 is 9.53 Å². The van der Waals surface area contributed by atoms with Gasteiger partial charge in [-0.1, -0.05) is 30.3 Å². The molecule has 1 aliphatic rings. The quantitative estimate of drug-likeness (QED) is 0.487. The third-order valence-electron chi connectivity index (χ3n) is 5.64. The highest BCUT2D eigenvalue weighted by molar-refractivity contribution is 7.20. The van der Waals surface area contributed by atoms with Gasteiger partial charge in [0, 0.05) is 48.2 Å². The molecule has 1 N–H and O–H groups in total. The molecule has 4 aromatic rings. The number of morpholine rings is 1. The predicted molar refractivity (Wildman–Crippen MR) is 128 cm³/mol. The molecule has 1 amide bonds. The van der Waals surface area contributed by atoms with Gasteiger partial charge in [0.1, 0.15) is 9.71 Å². The summed E-state index contributed by atoms with van der Waals surface area (Å²) >= 11 is 1.44. The van der Waals surface area contributed by atoms with Crippen LogP contribution in [0.1, 0.15) is 40.9 Å². The van der Waals surface area contributed by atoms with Gasteiger partial charge in [-0.15, -0.1) is 11.3 Å². The summed E-state index contributed by atoms with van der Waals surface area (Å²) in [5.74, 6) is -0.0603. The fourth-order valence-corrected chi connectivity index (χ4v) is 5.31. The number of rotatable bonds is 5. The molecule has 32 heavy (non-hydrogen) atoms. The highest BCUT2D eigenvalue weighted by Gasteiger charge is 2.30. The average molecular weight is 447 g/mol. The van der Waals surface area contributed by atoms with Crippen LogP contribution in [0.25, 0.3) is 21.1 Å². The lowest BCUT2D eigenvalue weighted by molar-refractivity contribution is -0.0326. The lowest BCUT2D eigenvalue weighted by Crippen LogP contribution is -2.39. The standard InChI is InChI=1S/C25H26N4O2S/c1-16(2)27-24(30)23-22(19-7-5-11-26-25(19)32-23)21-15-29(12-13-31-21)14-18-10-9-17-6-3-4-8-20(17)28-18/h3-11,16,21H,12-15H2,1-2H3,(H,27,30)/t21-/m0/s1. The zero-order valence-electron chi connectivity index (χ0n) is 18.2. The summed E-state index contributed by atoms with van der Waals surface area (Å²) in [6, 6.07) is 16.4. The fraction of sp³-hybridized carbons (Fsp3) is 0.320. The summed E-state index contributed by atoms with van der Waals surface area (Å²) in [5, 5.41) is 5.18. The number of para-hydroxylation sites is 1. The van der Waals surface area contributed by atoms with E-state index >= 15 is 0 Å². The molecule has 1 atom stereocenters. The molecule has 6 nitrogen and oxygen atoms in total. The second-order valence-corrected chi connectivity index (χ2v) is 9.42. The summed E-state index contributed by atoms with van der Waals surface area (Å²) in [7, 11) is 0. The van der Waals surface area contributed by atoms with Crippen molar-refractivity contribution >= 4 is 38.4 Å². The zero-order valence-corrected chi connectivity index (χ0v) is 19.1. The Morgan fingerprint density at radius 3 is 2.97 bits per heavy atom. The topological polar surface area (TPSA) is 67.4 Å². The Morgan fingerprint density at radius 2 is 2.09 bits per heavy atom. The molecule has 1 aliphatic heterocycles. The number of thiophene rings is 1. The molecule has 3 aromatic heterocycles. The highest BCUT2D eigenvalue weighted by atomic mass is 32.1. The minimum absolute atomic E-state index is 0.0603. The number of carbonyl (C=O) groups excluding carboxylic acids is 1. The lowest BCUT2D eigenvalue weighted by Gasteiger charge is -2.33. The number of fused-ring (bicyclic) bond motifs is 2. The van der Waals surface area contributed by atoms with Crippen molar-refractivity contribution in [2.45, 2.75) is 32.5 Å². The number of benzene rings is 1. The number of pyridine rings is 2. The number of hydrogen-bond acceptors (Lipinski definition) is 6. The minimum atomic E-state index is -0.185. The Bertz CT molecular complexity index is 1270. The first kappa shape index (κ1) is 21.0. The summed E-state index contributed by atoms with van der Waals surface area (Å²) in [4.78, 5) is 26.2. The van der Waals surface area contributed by atoms with Gasteiger partial charge in [0.2, 0.25) is 0 Å². The van der Waals surface area contributed by atoms with Crippen molar-refractivity contribution in [1.82, 2.24) is 20.2 Å². The van der Waals surface area contributed by atoms with Crippen molar-refractivity contribution in [3.8, 4) is 0 Å². The monoisotopic (exact) mass is 446 g/mol. The van der Waals surface area contributed by atoms with Crippen molar-refractivity contribution in [3.05, 3.63) is 70.9 Å². The Balaban J connectivity index is 1.42. The molecule has 1 fully saturated rings. The van der Waals surface area contributed by atoms with Crippen molar-refractivity contribution in [3.63, 3.8) is 0 Å². The van der Waals surface area contributed by atoms with E-state index in [4.69, 9.17) is 9.72 Å². The van der Waals surface area contributed by atoms with Crippen LogP contribution >= 0.6 is 11.3 Å². The van der Waals surface area contributed by atoms with E-state index in [0.29, 0.717) is 18.0 Å². The molecule has 0 spiro atoms. The van der Waals surface area contributed by atoms with Gasteiger partial charge < -0.3 is 10.1 Å². The molecule has 164 valence electrons. The van der Waals surface area contributed by atoms with E-state index in [2.05, 4.69) is 33.4 Å². The van der Waals surface area contributed by atoms with Crippen molar-refractivity contribution in [2.24, 2.45) is 0 Å². The van der Waals surface area contributed by atoms with Crippen LogP contribution < -0.4 is 5.32 Å². The second-order valence-electron chi connectivity index (χ2n) is 8.42. The summed E-state index contributed by atoms with van der Waals surface area (Å²) in [5.41, 5.74) is 3.00. The third kappa shape index (κ3) is 4.24. The maximum atomic E-state index is 13.0. The molecule has 4 heterocycles. The molecule has 0 unspecified atom stereocenters. The van der Waals surface area contributed by atoms with Gasteiger partial charge in [0.15, 0.2) is 0 Å². The molecule has 0 aliphatic carbocycles. The van der Waals surface area contributed by atoms with E-state index in [9.17, 15) is 4.79 Å². The van der Waals surface area contributed by atoms with Crippen LogP contribution in [0, 0.1) is 0 Å². The highest BCUT2D eigenvalue weighted by Crippen LogP contribution is 2.37. The molecule has 7 heteroatoms. The van der Waals surface area contributed by atoms with Crippen molar-refractivity contribution in [1.29, 1.82) is 0 Å². The van der Waals surface area contributed by atoms with Crippen LogP contribution in [0.3, 0.4) is 0 Å². The first-order valence-corrected chi connectivity index (χ1v) is 11.8. The number of aromatic nitrogens is 2. The summed E-state index contributed by atoms with van der Waals surface area (Å²) in [6.07, 6.45) is 1.58. The fourth-order valence-electron chi connectivity index (χ4n) is 4.21. The van der Waals surface area contributed by atoms with Gasteiger partial charge in [-0.3, -0.25) is 14.7 Å². The van der Waals surface area contributed by atoms with Crippen LogP contribution in [0.2, 0.25) is 0 Å². The molecule has 0 bridgehead atoms. The Morgan fingerprint density at radius 1 is 1.22 bits per heavy atom. The van der Waals surface area contributed by atoms with E-state index in [0.717, 1.165) is 45.5 Å². The van der Waals surface area contributed by atoms with Crippen LogP contribution in [-0.2, 0) is 11.3 Å². The summed E-state index contributed by atoms with van der Waals surface area (Å²) in [6.45, 7) is 6.84. The van der Waals surface area contributed by atoms with Crippen LogP contribution in [0.4, 0.5) is 0 Å². The normalized spacial score (nSPS) is 17.3. The van der Waals surface area contributed by atoms with E-state index < -0.39 is 0 Å². The Hall–Kier alpha value is -2.87. The maximum absolute atomic E-state index is 13.0. The largest absolute Gasteiger partial charge is 0.371 e. The van der Waals surface area contributed by atoms with Gasteiger partial charge in [-0.25, -0.2) is 4.98 Å². The summed E-state index contributed by atoms with van der Waals surface area (Å²) < 4.78 is 6.20.